The molecule has 0 saturated heterocycles. The smallest absolute Gasteiger partial charge is 0.00760 e. The van der Waals surface area contributed by atoms with E-state index in [1.165, 1.54) is 33.0 Å². The van der Waals surface area contributed by atoms with Gasteiger partial charge in [0.25, 0.3) is 0 Å². The molecule has 0 atom stereocenters. The monoisotopic (exact) mass is 232 g/mol. The summed E-state index contributed by atoms with van der Waals surface area (Å²) in [5.74, 6) is 0. The van der Waals surface area contributed by atoms with Crippen LogP contribution in [0, 0.1) is 13.8 Å². The van der Waals surface area contributed by atoms with Crippen LogP contribution in [0.2, 0.25) is 0 Å². The minimum Gasteiger partial charge on any atom is -0.0620 e. The third kappa shape index (κ3) is 1.70. The van der Waals surface area contributed by atoms with E-state index in [1.54, 1.807) is 0 Å². The average Bonchev–Trinajstić information content (AvgIpc) is 2.39. The van der Waals surface area contributed by atoms with Crippen molar-refractivity contribution in [1.82, 2.24) is 0 Å². The zero-order chi connectivity index (χ0) is 12.5. The van der Waals surface area contributed by atoms with E-state index in [0.29, 0.717) is 0 Å². The van der Waals surface area contributed by atoms with Gasteiger partial charge in [-0.05, 0) is 46.9 Å². The molecule has 0 heterocycles. The molecule has 0 aliphatic heterocycles. The highest BCUT2D eigenvalue weighted by Crippen LogP contribution is 2.32. The summed E-state index contributed by atoms with van der Waals surface area (Å²) >= 11 is 0. The summed E-state index contributed by atoms with van der Waals surface area (Å²) in [6, 6.07) is 21.6. The Morgan fingerprint density at radius 1 is 0.556 bits per heavy atom. The molecule has 0 radical (unpaired) electrons. The van der Waals surface area contributed by atoms with E-state index in [1.807, 2.05) is 0 Å². The molecule has 3 aromatic rings. The van der Waals surface area contributed by atoms with Gasteiger partial charge in [-0.3, -0.25) is 0 Å². The molecular formula is C18H16. The minimum absolute atomic E-state index is 1.32. The molecule has 0 aliphatic rings. The van der Waals surface area contributed by atoms with E-state index < -0.39 is 0 Å². The summed E-state index contributed by atoms with van der Waals surface area (Å²) < 4.78 is 0. The van der Waals surface area contributed by atoms with Crippen molar-refractivity contribution in [2.24, 2.45) is 0 Å². The first-order chi connectivity index (χ1) is 8.77. The summed E-state index contributed by atoms with van der Waals surface area (Å²) in [6.45, 7) is 4.36. The van der Waals surface area contributed by atoms with Crippen LogP contribution in [-0.2, 0) is 0 Å². The second kappa shape index (κ2) is 4.30. The highest BCUT2D eigenvalue weighted by atomic mass is 14.1. The number of hydrogen-bond acceptors (Lipinski definition) is 0. The van der Waals surface area contributed by atoms with Crippen LogP contribution in [-0.4, -0.2) is 0 Å². The van der Waals surface area contributed by atoms with Gasteiger partial charge in [0.2, 0.25) is 0 Å². The van der Waals surface area contributed by atoms with Crippen LogP contribution in [0.5, 0.6) is 0 Å². The van der Waals surface area contributed by atoms with Crippen molar-refractivity contribution in [2.75, 3.05) is 0 Å². The maximum Gasteiger partial charge on any atom is -0.00760 e. The molecule has 3 aromatic carbocycles. The molecule has 0 nitrogen and oxygen atoms in total. The van der Waals surface area contributed by atoms with Crippen LogP contribution in [0.3, 0.4) is 0 Å². The van der Waals surface area contributed by atoms with E-state index in [9.17, 15) is 0 Å². The van der Waals surface area contributed by atoms with Crippen molar-refractivity contribution >= 4 is 10.8 Å². The normalized spacial score (nSPS) is 10.8. The van der Waals surface area contributed by atoms with Gasteiger partial charge in [0.1, 0.15) is 0 Å². The topological polar surface area (TPSA) is 0 Å². The number of hydrogen-bond donors (Lipinski definition) is 0. The Hall–Kier alpha value is -2.08. The quantitative estimate of drug-likeness (QED) is 0.546. The van der Waals surface area contributed by atoms with Gasteiger partial charge in [-0.15, -0.1) is 0 Å². The van der Waals surface area contributed by atoms with Crippen LogP contribution in [0.1, 0.15) is 11.1 Å². The predicted molar refractivity (Wildman–Crippen MR) is 78.9 cm³/mol. The second-order valence-electron chi connectivity index (χ2n) is 4.79. The Morgan fingerprint density at radius 3 is 1.94 bits per heavy atom. The SMILES string of the molecule is Cc1ccccc1-c1cccc2cccc(C)c12. The molecule has 0 aromatic heterocycles. The first kappa shape index (κ1) is 11.0. The van der Waals surface area contributed by atoms with Crippen LogP contribution in [0.15, 0.2) is 60.7 Å². The van der Waals surface area contributed by atoms with E-state index in [0.717, 1.165) is 0 Å². The third-order valence-corrected chi connectivity index (χ3v) is 3.55. The zero-order valence-corrected chi connectivity index (χ0v) is 10.8. The van der Waals surface area contributed by atoms with Crippen LogP contribution < -0.4 is 0 Å². The predicted octanol–water partition coefficient (Wildman–Crippen LogP) is 5.12. The lowest BCUT2D eigenvalue weighted by Gasteiger charge is -2.11. The molecule has 0 bridgehead atoms. The van der Waals surface area contributed by atoms with E-state index >= 15 is 0 Å². The van der Waals surface area contributed by atoms with Crippen LogP contribution >= 0.6 is 0 Å². The molecule has 0 spiro atoms. The first-order valence-electron chi connectivity index (χ1n) is 6.32. The van der Waals surface area contributed by atoms with Gasteiger partial charge in [0.15, 0.2) is 0 Å². The molecule has 3 rings (SSSR count). The summed E-state index contributed by atoms with van der Waals surface area (Å²) in [7, 11) is 0. The highest BCUT2D eigenvalue weighted by Gasteiger charge is 2.07. The Kier molecular flexibility index (Phi) is 2.64. The van der Waals surface area contributed by atoms with Crippen molar-refractivity contribution in [1.29, 1.82) is 0 Å². The fourth-order valence-corrected chi connectivity index (χ4v) is 2.63. The van der Waals surface area contributed by atoms with Gasteiger partial charge < -0.3 is 0 Å². The number of benzene rings is 3. The lowest BCUT2D eigenvalue weighted by atomic mass is 9.93. The van der Waals surface area contributed by atoms with Gasteiger partial charge >= 0.3 is 0 Å². The molecule has 0 fully saturated rings. The third-order valence-electron chi connectivity index (χ3n) is 3.55. The lowest BCUT2D eigenvalue weighted by Crippen LogP contribution is -1.87. The van der Waals surface area contributed by atoms with Gasteiger partial charge in [-0.25, -0.2) is 0 Å². The van der Waals surface area contributed by atoms with E-state index in [2.05, 4.69) is 74.5 Å². The maximum atomic E-state index is 2.22. The molecule has 0 N–H and O–H groups in total. The van der Waals surface area contributed by atoms with Gasteiger partial charge in [-0.2, -0.15) is 0 Å². The van der Waals surface area contributed by atoms with Crippen molar-refractivity contribution in [3.8, 4) is 11.1 Å². The Morgan fingerprint density at radius 2 is 1.17 bits per heavy atom. The summed E-state index contributed by atoms with van der Waals surface area (Å²) in [6.07, 6.45) is 0. The molecule has 0 amide bonds. The molecule has 0 unspecified atom stereocenters. The van der Waals surface area contributed by atoms with Crippen LogP contribution in [0.4, 0.5) is 0 Å². The second-order valence-corrected chi connectivity index (χ2v) is 4.79. The van der Waals surface area contributed by atoms with E-state index in [-0.39, 0.29) is 0 Å². The maximum absolute atomic E-state index is 2.22. The van der Waals surface area contributed by atoms with Crippen molar-refractivity contribution in [3.05, 3.63) is 71.8 Å². The zero-order valence-electron chi connectivity index (χ0n) is 10.8. The summed E-state index contributed by atoms with van der Waals surface area (Å²) in [5.41, 5.74) is 5.33. The Labute approximate surface area is 108 Å². The standard InChI is InChI=1S/C18H16/c1-13-7-3-4-11-16(13)17-12-6-10-15-9-5-8-14(2)18(15)17/h3-12H,1-2H3. The van der Waals surface area contributed by atoms with Gasteiger partial charge in [0, 0.05) is 0 Å². The highest BCUT2D eigenvalue weighted by molar-refractivity contribution is 5.99. The number of rotatable bonds is 1. The van der Waals surface area contributed by atoms with Crippen molar-refractivity contribution < 1.29 is 0 Å². The van der Waals surface area contributed by atoms with Gasteiger partial charge in [0.05, 0.1) is 0 Å². The summed E-state index contributed by atoms with van der Waals surface area (Å²) in [4.78, 5) is 0. The molecule has 88 valence electrons. The van der Waals surface area contributed by atoms with Gasteiger partial charge in [-0.1, -0.05) is 60.7 Å². The van der Waals surface area contributed by atoms with Crippen molar-refractivity contribution in [2.45, 2.75) is 13.8 Å². The fourth-order valence-electron chi connectivity index (χ4n) is 2.63. The molecule has 0 heteroatoms. The minimum atomic E-state index is 1.32. The number of aryl methyl sites for hydroxylation is 2. The van der Waals surface area contributed by atoms with E-state index in [4.69, 9.17) is 0 Å². The van der Waals surface area contributed by atoms with Crippen molar-refractivity contribution in [3.63, 3.8) is 0 Å². The molecule has 0 aliphatic carbocycles. The molecule has 0 saturated carbocycles. The largest absolute Gasteiger partial charge is 0.0620 e. The Balaban J connectivity index is 2.40. The van der Waals surface area contributed by atoms with Crippen LogP contribution in [0.25, 0.3) is 21.9 Å². The molecular weight excluding hydrogens is 216 g/mol. The average molecular weight is 232 g/mol. The fraction of sp³-hybridized carbons (Fsp3) is 0.111. The molecule has 18 heavy (non-hydrogen) atoms. The number of fused-ring (bicyclic) bond motifs is 1. The lowest BCUT2D eigenvalue weighted by molar-refractivity contribution is 1.46. The first-order valence-corrected chi connectivity index (χ1v) is 6.32. The summed E-state index contributed by atoms with van der Waals surface area (Å²) in [5, 5.41) is 2.69. The Bertz CT molecular complexity index is 703.